The van der Waals surface area contributed by atoms with Gasteiger partial charge >= 0.3 is 0 Å². The van der Waals surface area contributed by atoms with Gasteiger partial charge in [-0.1, -0.05) is 0 Å². The Morgan fingerprint density at radius 3 is 2.53 bits per heavy atom. The molecule has 0 unspecified atom stereocenters. The minimum Gasteiger partial charge on any atom is -0.382 e. The van der Waals surface area contributed by atoms with E-state index in [-0.39, 0.29) is 5.91 Å². The molecule has 1 saturated heterocycles. The number of nitrogens with two attached hydrogens (primary N) is 1. The van der Waals surface area contributed by atoms with Gasteiger partial charge in [0.05, 0.1) is 12.4 Å². The van der Waals surface area contributed by atoms with Crippen LogP contribution in [0.1, 0.15) is 29.8 Å². The molecule has 0 bridgehead atoms. The third-order valence-electron chi connectivity index (χ3n) is 2.53. The van der Waals surface area contributed by atoms with Gasteiger partial charge in [-0.2, -0.15) is 0 Å². The summed E-state index contributed by atoms with van der Waals surface area (Å²) in [5.74, 6) is 0.299. The molecule has 5 heteroatoms. The maximum absolute atomic E-state index is 11.9. The Labute approximate surface area is 88.3 Å². The second kappa shape index (κ2) is 4.25. The summed E-state index contributed by atoms with van der Waals surface area (Å²) in [5.41, 5.74) is 5.79. The number of nitrogen functional groups attached to an aromatic ring is 1. The highest BCUT2D eigenvalue weighted by molar-refractivity contribution is 5.92. The highest BCUT2D eigenvalue weighted by Gasteiger charge is 2.19. The van der Waals surface area contributed by atoms with Crippen LogP contribution in [0.2, 0.25) is 0 Å². The number of rotatable bonds is 1. The quantitative estimate of drug-likeness (QED) is 0.733. The van der Waals surface area contributed by atoms with E-state index >= 15 is 0 Å². The molecule has 1 aliphatic heterocycles. The van der Waals surface area contributed by atoms with Crippen LogP contribution in [0.25, 0.3) is 0 Å². The predicted octanol–water partition coefficient (Wildman–Crippen LogP) is 0.685. The van der Waals surface area contributed by atoms with Crippen LogP contribution >= 0.6 is 0 Å². The Morgan fingerprint density at radius 1 is 1.20 bits per heavy atom. The van der Waals surface area contributed by atoms with Crippen molar-refractivity contribution in [1.82, 2.24) is 14.9 Å². The molecule has 1 aromatic rings. The molecular weight excluding hydrogens is 192 g/mol. The molecular formula is C10H14N4O. The van der Waals surface area contributed by atoms with Gasteiger partial charge in [-0.05, 0) is 19.3 Å². The average molecular weight is 206 g/mol. The van der Waals surface area contributed by atoms with Gasteiger partial charge in [0.2, 0.25) is 0 Å². The van der Waals surface area contributed by atoms with Crippen LogP contribution < -0.4 is 5.73 Å². The van der Waals surface area contributed by atoms with Gasteiger partial charge in [0.1, 0.15) is 11.5 Å². The number of hydrogen-bond donors (Lipinski definition) is 1. The van der Waals surface area contributed by atoms with E-state index < -0.39 is 0 Å². The molecule has 1 aromatic heterocycles. The third kappa shape index (κ3) is 2.23. The molecule has 80 valence electrons. The molecule has 2 N–H and O–H groups in total. The Bertz CT molecular complexity index is 343. The van der Waals surface area contributed by atoms with Crippen molar-refractivity contribution in [2.45, 2.75) is 19.3 Å². The Balaban J connectivity index is 2.09. The highest BCUT2D eigenvalue weighted by Crippen LogP contribution is 2.11. The van der Waals surface area contributed by atoms with Crippen molar-refractivity contribution in [2.24, 2.45) is 0 Å². The van der Waals surface area contributed by atoms with Crippen molar-refractivity contribution in [3.63, 3.8) is 0 Å². The highest BCUT2D eigenvalue weighted by atomic mass is 16.2. The lowest BCUT2D eigenvalue weighted by molar-refractivity contribution is 0.0718. The van der Waals surface area contributed by atoms with E-state index in [0.717, 1.165) is 25.9 Å². The lowest BCUT2D eigenvalue weighted by Gasteiger charge is -2.26. The fourth-order valence-electron chi connectivity index (χ4n) is 1.71. The van der Waals surface area contributed by atoms with Crippen LogP contribution in [-0.4, -0.2) is 33.9 Å². The van der Waals surface area contributed by atoms with E-state index in [0.29, 0.717) is 11.5 Å². The minimum atomic E-state index is -0.0396. The van der Waals surface area contributed by atoms with Crippen LogP contribution in [-0.2, 0) is 0 Å². The van der Waals surface area contributed by atoms with Gasteiger partial charge in [-0.25, -0.2) is 9.97 Å². The Morgan fingerprint density at radius 2 is 1.93 bits per heavy atom. The lowest BCUT2D eigenvalue weighted by Crippen LogP contribution is -2.36. The fraction of sp³-hybridized carbons (Fsp3) is 0.500. The lowest BCUT2D eigenvalue weighted by atomic mass is 10.1. The number of hydrogen-bond acceptors (Lipinski definition) is 4. The molecule has 0 spiro atoms. The monoisotopic (exact) mass is 206 g/mol. The second-order valence-electron chi connectivity index (χ2n) is 3.68. The standard InChI is InChI=1S/C10H14N4O/c11-9-7-12-8(6-13-9)10(15)14-4-2-1-3-5-14/h6-7H,1-5H2,(H2,11,13). The molecule has 1 aliphatic rings. The first-order valence-corrected chi connectivity index (χ1v) is 5.14. The average Bonchev–Trinajstić information content (AvgIpc) is 2.30. The molecule has 0 saturated carbocycles. The summed E-state index contributed by atoms with van der Waals surface area (Å²) in [6.07, 6.45) is 6.21. The van der Waals surface area contributed by atoms with Crippen molar-refractivity contribution >= 4 is 11.7 Å². The van der Waals surface area contributed by atoms with Gasteiger partial charge in [-0.15, -0.1) is 0 Å². The summed E-state index contributed by atoms with van der Waals surface area (Å²) in [6, 6.07) is 0. The molecule has 0 aromatic carbocycles. The molecule has 2 rings (SSSR count). The first-order valence-electron chi connectivity index (χ1n) is 5.14. The summed E-state index contributed by atoms with van der Waals surface area (Å²) in [4.78, 5) is 21.6. The van der Waals surface area contributed by atoms with Crippen LogP contribution in [0.15, 0.2) is 12.4 Å². The van der Waals surface area contributed by atoms with Crippen LogP contribution in [0, 0.1) is 0 Å². The SMILES string of the molecule is Nc1cnc(C(=O)N2CCCCC2)cn1. The number of carbonyl (C=O) groups excluding carboxylic acids is 1. The first kappa shape index (κ1) is 9.89. The minimum absolute atomic E-state index is 0.0396. The normalized spacial score (nSPS) is 16.4. The van der Waals surface area contributed by atoms with Crippen molar-refractivity contribution in [3.05, 3.63) is 18.1 Å². The van der Waals surface area contributed by atoms with E-state index in [1.54, 1.807) is 0 Å². The zero-order valence-corrected chi connectivity index (χ0v) is 8.52. The summed E-state index contributed by atoms with van der Waals surface area (Å²) >= 11 is 0. The Kier molecular flexibility index (Phi) is 2.80. The topological polar surface area (TPSA) is 72.1 Å². The number of piperidine rings is 1. The van der Waals surface area contributed by atoms with Crippen LogP contribution in [0.4, 0.5) is 5.82 Å². The van der Waals surface area contributed by atoms with Gasteiger partial charge in [0, 0.05) is 13.1 Å². The van der Waals surface area contributed by atoms with E-state index in [9.17, 15) is 4.79 Å². The molecule has 2 heterocycles. The summed E-state index contributed by atoms with van der Waals surface area (Å²) in [7, 11) is 0. The van der Waals surface area contributed by atoms with Gasteiger partial charge in [0.15, 0.2) is 0 Å². The smallest absolute Gasteiger partial charge is 0.274 e. The zero-order chi connectivity index (χ0) is 10.7. The van der Waals surface area contributed by atoms with Crippen LogP contribution in [0.5, 0.6) is 0 Å². The Hall–Kier alpha value is -1.65. The number of nitrogens with zero attached hydrogens (tertiary/aromatic N) is 3. The molecule has 15 heavy (non-hydrogen) atoms. The van der Waals surface area contributed by atoms with Crippen molar-refractivity contribution in [3.8, 4) is 0 Å². The number of amides is 1. The van der Waals surface area contributed by atoms with Crippen molar-refractivity contribution < 1.29 is 4.79 Å². The molecule has 1 fully saturated rings. The summed E-state index contributed by atoms with van der Waals surface area (Å²) in [6.45, 7) is 1.65. The van der Waals surface area contributed by atoms with Crippen molar-refractivity contribution in [2.75, 3.05) is 18.8 Å². The zero-order valence-electron chi connectivity index (χ0n) is 8.52. The van der Waals surface area contributed by atoms with E-state index in [1.165, 1.54) is 18.8 Å². The van der Waals surface area contributed by atoms with E-state index in [4.69, 9.17) is 5.73 Å². The van der Waals surface area contributed by atoms with Gasteiger partial charge in [-0.3, -0.25) is 4.79 Å². The second-order valence-corrected chi connectivity index (χ2v) is 3.68. The molecule has 0 atom stereocenters. The summed E-state index contributed by atoms with van der Waals surface area (Å²) < 4.78 is 0. The van der Waals surface area contributed by atoms with E-state index in [1.807, 2.05) is 4.90 Å². The number of anilines is 1. The van der Waals surface area contributed by atoms with Gasteiger partial charge < -0.3 is 10.6 Å². The first-order chi connectivity index (χ1) is 7.27. The van der Waals surface area contributed by atoms with E-state index in [2.05, 4.69) is 9.97 Å². The maximum atomic E-state index is 11.9. The summed E-state index contributed by atoms with van der Waals surface area (Å²) in [5, 5.41) is 0. The molecule has 0 aliphatic carbocycles. The van der Waals surface area contributed by atoms with Gasteiger partial charge in [0.25, 0.3) is 5.91 Å². The fourth-order valence-corrected chi connectivity index (χ4v) is 1.71. The number of aromatic nitrogens is 2. The molecule has 0 radical (unpaired) electrons. The molecule has 1 amide bonds. The molecule has 5 nitrogen and oxygen atoms in total. The van der Waals surface area contributed by atoms with Crippen LogP contribution in [0.3, 0.4) is 0 Å². The predicted molar refractivity (Wildman–Crippen MR) is 56.2 cm³/mol. The largest absolute Gasteiger partial charge is 0.382 e. The number of carbonyl (C=O) groups is 1. The third-order valence-corrected chi connectivity index (χ3v) is 2.53. The number of likely N-dealkylation sites (tertiary alicyclic amines) is 1. The maximum Gasteiger partial charge on any atom is 0.274 e. The van der Waals surface area contributed by atoms with Crippen molar-refractivity contribution in [1.29, 1.82) is 0 Å².